The van der Waals surface area contributed by atoms with Crippen LogP contribution < -0.4 is 10.2 Å². The number of amides is 1. The van der Waals surface area contributed by atoms with E-state index >= 15 is 0 Å². The second kappa shape index (κ2) is 7.66. The van der Waals surface area contributed by atoms with E-state index in [-0.39, 0.29) is 12.0 Å². The molecule has 0 spiro atoms. The molecule has 2 aliphatic rings. The highest BCUT2D eigenvalue weighted by molar-refractivity contribution is 5.78. The first kappa shape index (κ1) is 16.1. The van der Waals surface area contributed by atoms with Gasteiger partial charge in [-0.2, -0.15) is 0 Å². The zero-order valence-electron chi connectivity index (χ0n) is 13.4. The van der Waals surface area contributed by atoms with Gasteiger partial charge in [0.25, 0.3) is 0 Å². The largest absolute Gasteiger partial charge is 0.506 e. The molecule has 23 heavy (non-hydrogen) atoms. The predicted octanol–water partition coefficient (Wildman–Crippen LogP) is 0.809. The Morgan fingerprint density at radius 1 is 1.26 bits per heavy atom. The summed E-state index contributed by atoms with van der Waals surface area (Å²) in [5.41, 5.74) is 0.844. The molecule has 2 aliphatic heterocycles. The fourth-order valence-corrected chi connectivity index (χ4v) is 3.19. The zero-order chi connectivity index (χ0) is 16.1. The van der Waals surface area contributed by atoms with Crippen molar-refractivity contribution in [3.05, 3.63) is 24.3 Å². The summed E-state index contributed by atoms with van der Waals surface area (Å²) < 4.78 is 5.54. The van der Waals surface area contributed by atoms with Crippen molar-refractivity contribution >= 4 is 11.6 Å². The van der Waals surface area contributed by atoms with Gasteiger partial charge >= 0.3 is 0 Å². The minimum atomic E-state index is 0.139. The minimum absolute atomic E-state index is 0.139. The van der Waals surface area contributed by atoms with Gasteiger partial charge in [0.2, 0.25) is 5.91 Å². The van der Waals surface area contributed by atoms with E-state index in [9.17, 15) is 9.90 Å². The molecule has 0 bridgehead atoms. The van der Waals surface area contributed by atoms with Crippen LogP contribution in [0.15, 0.2) is 24.3 Å². The molecule has 2 N–H and O–H groups in total. The third-order valence-corrected chi connectivity index (χ3v) is 4.53. The van der Waals surface area contributed by atoms with Crippen LogP contribution in [0.5, 0.6) is 5.75 Å². The molecule has 1 aromatic carbocycles. The molecule has 0 aromatic heterocycles. The van der Waals surface area contributed by atoms with E-state index in [1.807, 2.05) is 23.1 Å². The van der Waals surface area contributed by atoms with Gasteiger partial charge in [-0.05, 0) is 25.0 Å². The van der Waals surface area contributed by atoms with E-state index in [1.165, 1.54) is 0 Å². The smallest absolute Gasteiger partial charge is 0.236 e. The molecule has 6 nitrogen and oxygen atoms in total. The lowest BCUT2D eigenvalue weighted by Gasteiger charge is -2.36. The number of phenols is 1. The van der Waals surface area contributed by atoms with Crippen LogP contribution >= 0.6 is 0 Å². The molecule has 6 heteroatoms. The average Bonchev–Trinajstić information content (AvgIpc) is 3.09. The van der Waals surface area contributed by atoms with Crippen molar-refractivity contribution in [2.45, 2.75) is 18.9 Å². The molecule has 126 valence electrons. The van der Waals surface area contributed by atoms with Crippen molar-refractivity contribution in [3.8, 4) is 5.75 Å². The summed E-state index contributed by atoms with van der Waals surface area (Å²) in [5.74, 6) is 0.436. The molecule has 3 rings (SSSR count). The summed E-state index contributed by atoms with van der Waals surface area (Å²) in [4.78, 5) is 16.2. The van der Waals surface area contributed by atoms with Crippen molar-refractivity contribution in [2.24, 2.45) is 0 Å². The van der Waals surface area contributed by atoms with Crippen LogP contribution in [0.4, 0.5) is 5.69 Å². The lowest BCUT2D eigenvalue weighted by atomic mass is 10.2. The number of anilines is 1. The number of para-hydroxylation sites is 2. The number of aromatic hydroxyl groups is 1. The normalized spacial score (nSPS) is 21.7. The van der Waals surface area contributed by atoms with E-state index in [2.05, 4.69) is 10.2 Å². The Balaban J connectivity index is 1.41. The molecule has 0 radical (unpaired) electrons. The Labute approximate surface area is 137 Å². The molecule has 0 aliphatic carbocycles. The maximum Gasteiger partial charge on any atom is 0.236 e. The first-order chi connectivity index (χ1) is 11.2. The van der Waals surface area contributed by atoms with E-state index in [0.717, 1.165) is 44.8 Å². The highest BCUT2D eigenvalue weighted by Gasteiger charge is 2.22. The first-order valence-electron chi connectivity index (χ1n) is 8.37. The zero-order valence-corrected chi connectivity index (χ0v) is 13.4. The lowest BCUT2D eigenvalue weighted by molar-refractivity contribution is -0.130. The van der Waals surface area contributed by atoms with E-state index in [0.29, 0.717) is 25.4 Å². The number of hydrogen-bond donors (Lipinski definition) is 2. The van der Waals surface area contributed by atoms with Crippen LogP contribution in [0.1, 0.15) is 12.8 Å². The lowest BCUT2D eigenvalue weighted by Crippen LogP contribution is -2.51. The maximum absolute atomic E-state index is 12.2. The van der Waals surface area contributed by atoms with Crippen molar-refractivity contribution < 1.29 is 14.6 Å². The summed E-state index contributed by atoms with van der Waals surface area (Å²) >= 11 is 0. The van der Waals surface area contributed by atoms with Gasteiger partial charge in [0.05, 0.1) is 18.3 Å². The van der Waals surface area contributed by atoms with Crippen LogP contribution in [-0.2, 0) is 9.53 Å². The highest BCUT2D eigenvalue weighted by atomic mass is 16.5. The number of benzene rings is 1. The van der Waals surface area contributed by atoms with Gasteiger partial charge in [-0.1, -0.05) is 12.1 Å². The Morgan fingerprint density at radius 2 is 2.04 bits per heavy atom. The van der Waals surface area contributed by atoms with Crippen molar-refractivity contribution in [1.82, 2.24) is 10.2 Å². The monoisotopic (exact) mass is 319 g/mol. The molecule has 2 heterocycles. The van der Waals surface area contributed by atoms with Gasteiger partial charge in [-0.3, -0.25) is 4.79 Å². The molecule has 2 fully saturated rings. The molecule has 1 aromatic rings. The number of carbonyl (C=O) groups is 1. The van der Waals surface area contributed by atoms with E-state index in [1.54, 1.807) is 6.07 Å². The SMILES string of the molecule is O=C(CNCC1CCCO1)N1CCN(c2ccccc2O)CC1. The standard InChI is InChI=1S/C17H25N3O3/c21-16-6-2-1-5-15(16)19-7-9-20(10-8-19)17(22)13-18-12-14-4-3-11-23-14/h1-2,5-6,14,18,21H,3-4,7-13H2. The number of rotatable bonds is 5. The third kappa shape index (κ3) is 4.14. The fraction of sp³-hybridized carbons (Fsp3) is 0.588. The molecule has 1 amide bonds. The van der Waals surface area contributed by atoms with Crippen LogP contribution in [0.3, 0.4) is 0 Å². The second-order valence-corrected chi connectivity index (χ2v) is 6.12. The van der Waals surface area contributed by atoms with Crippen LogP contribution in [0, 0.1) is 0 Å². The number of phenolic OH excluding ortho intramolecular Hbond substituents is 1. The quantitative estimate of drug-likeness (QED) is 0.841. The number of hydrogen-bond acceptors (Lipinski definition) is 5. The van der Waals surface area contributed by atoms with Crippen LogP contribution in [0.25, 0.3) is 0 Å². The van der Waals surface area contributed by atoms with Crippen molar-refractivity contribution in [1.29, 1.82) is 0 Å². The highest BCUT2D eigenvalue weighted by Crippen LogP contribution is 2.27. The Kier molecular flexibility index (Phi) is 5.35. The molecular weight excluding hydrogens is 294 g/mol. The topological polar surface area (TPSA) is 65.0 Å². The molecule has 0 saturated carbocycles. The first-order valence-corrected chi connectivity index (χ1v) is 8.37. The van der Waals surface area contributed by atoms with Gasteiger partial charge in [-0.15, -0.1) is 0 Å². The van der Waals surface area contributed by atoms with Crippen molar-refractivity contribution in [3.63, 3.8) is 0 Å². The predicted molar refractivity (Wildman–Crippen MR) is 88.7 cm³/mol. The molecule has 1 unspecified atom stereocenters. The minimum Gasteiger partial charge on any atom is -0.506 e. The third-order valence-electron chi connectivity index (χ3n) is 4.53. The summed E-state index contributed by atoms with van der Waals surface area (Å²) in [7, 11) is 0. The van der Waals surface area contributed by atoms with Gasteiger partial charge in [0, 0.05) is 39.3 Å². The summed E-state index contributed by atoms with van der Waals surface area (Å²) in [6.07, 6.45) is 2.47. The Bertz CT molecular complexity index is 524. The van der Waals surface area contributed by atoms with Crippen LogP contribution in [-0.4, -0.2) is 67.9 Å². The van der Waals surface area contributed by atoms with Crippen LogP contribution in [0.2, 0.25) is 0 Å². The number of ether oxygens (including phenoxy) is 1. The van der Waals surface area contributed by atoms with E-state index < -0.39 is 0 Å². The van der Waals surface area contributed by atoms with Gasteiger partial charge in [0.15, 0.2) is 0 Å². The summed E-state index contributed by atoms with van der Waals surface area (Å²) in [6, 6.07) is 7.35. The number of nitrogens with one attached hydrogen (secondary N) is 1. The van der Waals surface area contributed by atoms with Gasteiger partial charge in [0.1, 0.15) is 5.75 Å². The maximum atomic E-state index is 12.2. The number of nitrogens with zero attached hydrogens (tertiary/aromatic N) is 2. The van der Waals surface area contributed by atoms with E-state index in [4.69, 9.17) is 4.74 Å². The molecule has 1 atom stereocenters. The van der Waals surface area contributed by atoms with Gasteiger partial charge < -0.3 is 25.0 Å². The Hall–Kier alpha value is -1.79. The second-order valence-electron chi connectivity index (χ2n) is 6.12. The summed E-state index contributed by atoms with van der Waals surface area (Å²) in [6.45, 7) is 4.84. The fourth-order valence-electron chi connectivity index (χ4n) is 3.19. The number of carbonyl (C=O) groups excluding carboxylic acids is 1. The Morgan fingerprint density at radius 3 is 2.74 bits per heavy atom. The average molecular weight is 319 g/mol. The van der Waals surface area contributed by atoms with Gasteiger partial charge in [-0.25, -0.2) is 0 Å². The molecular formula is C17H25N3O3. The number of piperazine rings is 1. The molecule has 2 saturated heterocycles. The summed E-state index contributed by atoms with van der Waals surface area (Å²) in [5, 5.41) is 13.1. The van der Waals surface area contributed by atoms with Crippen molar-refractivity contribution in [2.75, 3.05) is 50.8 Å².